The van der Waals surface area contributed by atoms with Gasteiger partial charge in [-0.1, -0.05) is 35.0 Å². The number of carboxylic acids is 1. The molecule has 1 unspecified atom stereocenters. The van der Waals surface area contributed by atoms with Crippen LogP contribution in [0, 0.1) is 0 Å². The van der Waals surface area contributed by atoms with Crippen molar-refractivity contribution >= 4 is 21.9 Å². The fraction of sp³-hybridized carbons (Fsp3) is 0.462. The summed E-state index contributed by atoms with van der Waals surface area (Å²) in [4.78, 5) is 11.6. The number of carbonyl (C=O) groups is 1. The molecule has 0 amide bonds. The molecular formula is C13H18BrNO3. The van der Waals surface area contributed by atoms with Gasteiger partial charge in [0.05, 0.1) is 6.61 Å². The number of ether oxygens (including phenoxy) is 1. The molecule has 0 fully saturated rings. The van der Waals surface area contributed by atoms with E-state index in [1.165, 1.54) is 0 Å². The maximum absolute atomic E-state index is 11.6. The standard InChI is InChI=1S/C13H18BrNO3/c1-3-13(12(16)17,15-7-8-18-2)10-5-4-6-11(14)9-10/h4-6,9,15H,3,7-8H2,1-2H3,(H,16,17). The average molecular weight is 316 g/mol. The van der Waals surface area contributed by atoms with E-state index in [9.17, 15) is 9.90 Å². The van der Waals surface area contributed by atoms with Gasteiger partial charge in [0.1, 0.15) is 5.54 Å². The zero-order valence-electron chi connectivity index (χ0n) is 10.6. The van der Waals surface area contributed by atoms with Crippen LogP contribution in [0.1, 0.15) is 18.9 Å². The largest absolute Gasteiger partial charge is 0.480 e. The van der Waals surface area contributed by atoms with E-state index in [0.29, 0.717) is 19.6 Å². The number of benzene rings is 1. The summed E-state index contributed by atoms with van der Waals surface area (Å²) in [6.07, 6.45) is 0.461. The quantitative estimate of drug-likeness (QED) is 0.758. The molecule has 0 aromatic heterocycles. The first-order valence-corrected chi connectivity index (χ1v) is 6.59. The zero-order valence-corrected chi connectivity index (χ0v) is 12.2. The van der Waals surface area contributed by atoms with Crippen molar-refractivity contribution in [1.82, 2.24) is 5.32 Å². The molecule has 100 valence electrons. The molecule has 0 spiro atoms. The predicted octanol–water partition coefficient (Wildman–Crippen LogP) is 2.38. The molecule has 1 aromatic carbocycles. The number of rotatable bonds is 7. The van der Waals surface area contributed by atoms with Crippen molar-refractivity contribution in [3.63, 3.8) is 0 Å². The smallest absolute Gasteiger partial charge is 0.328 e. The van der Waals surface area contributed by atoms with Crippen LogP contribution in [0.4, 0.5) is 0 Å². The Labute approximate surface area is 115 Å². The van der Waals surface area contributed by atoms with E-state index in [1.54, 1.807) is 7.11 Å². The number of nitrogens with one attached hydrogen (secondary N) is 1. The van der Waals surface area contributed by atoms with Crippen LogP contribution in [0.5, 0.6) is 0 Å². The van der Waals surface area contributed by atoms with Crippen LogP contribution in [0.2, 0.25) is 0 Å². The van der Waals surface area contributed by atoms with Gasteiger partial charge in [-0.3, -0.25) is 5.32 Å². The first-order chi connectivity index (χ1) is 8.56. The number of halogens is 1. The Balaban J connectivity index is 3.06. The summed E-state index contributed by atoms with van der Waals surface area (Å²) in [5.41, 5.74) is -0.328. The zero-order chi connectivity index (χ0) is 13.6. The summed E-state index contributed by atoms with van der Waals surface area (Å²) in [5, 5.41) is 12.6. The Bertz CT molecular complexity index is 411. The van der Waals surface area contributed by atoms with E-state index < -0.39 is 11.5 Å². The van der Waals surface area contributed by atoms with Crippen molar-refractivity contribution in [2.24, 2.45) is 0 Å². The predicted molar refractivity (Wildman–Crippen MR) is 73.6 cm³/mol. The molecule has 0 aliphatic rings. The van der Waals surface area contributed by atoms with E-state index in [-0.39, 0.29) is 0 Å². The second kappa shape index (κ2) is 6.87. The van der Waals surface area contributed by atoms with Crippen LogP contribution >= 0.6 is 15.9 Å². The Morgan fingerprint density at radius 1 is 1.56 bits per heavy atom. The van der Waals surface area contributed by atoms with E-state index in [2.05, 4.69) is 21.2 Å². The van der Waals surface area contributed by atoms with Gasteiger partial charge in [0, 0.05) is 18.1 Å². The molecule has 0 aliphatic heterocycles. The van der Waals surface area contributed by atoms with Crippen molar-refractivity contribution in [1.29, 1.82) is 0 Å². The summed E-state index contributed by atoms with van der Waals surface area (Å²) in [7, 11) is 1.59. The number of carboxylic acid groups (broad SMARTS) is 1. The lowest BCUT2D eigenvalue weighted by Gasteiger charge is -2.30. The molecule has 0 saturated carbocycles. The third kappa shape index (κ3) is 3.31. The molecule has 0 heterocycles. The molecule has 18 heavy (non-hydrogen) atoms. The van der Waals surface area contributed by atoms with Gasteiger partial charge < -0.3 is 9.84 Å². The maximum atomic E-state index is 11.6. The molecule has 1 aromatic rings. The first kappa shape index (κ1) is 15.1. The van der Waals surface area contributed by atoms with E-state index in [4.69, 9.17) is 4.74 Å². The highest BCUT2D eigenvalue weighted by atomic mass is 79.9. The summed E-state index contributed by atoms with van der Waals surface area (Å²) in [5.74, 6) is -0.876. The highest BCUT2D eigenvalue weighted by Crippen LogP contribution is 2.27. The van der Waals surface area contributed by atoms with Crippen LogP contribution in [-0.2, 0) is 15.1 Å². The highest BCUT2D eigenvalue weighted by Gasteiger charge is 2.38. The van der Waals surface area contributed by atoms with Gasteiger partial charge in [-0.05, 0) is 24.1 Å². The van der Waals surface area contributed by atoms with E-state index >= 15 is 0 Å². The van der Waals surface area contributed by atoms with Gasteiger partial charge >= 0.3 is 5.97 Å². The lowest BCUT2D eigenvalue weighted by Crippen LogP contribution is -2.49. The lowest BCUT2D eigenvalue weighted by molar-refractivity contribution is -0.145. The second-order valence-corrected chi connectivity index (χ2v) is 4.91. The molecule has 5 heteroatoms. The van der Waals surface area contributed by atoms with Crippen LogP contribution in [0.15, 0.2) is 28.7 Å². The minimum Gasteiger partial charge on any atom is -0.480 e. The Kier molecular flexibility index (Phi) is 5.78. The normalized spacial score (nSPS) is 14.2. The third-order valence-electron chi connectivity index (χ3n) is 2.95. The minimum absolute atomic E-state index is 0.461. The monoisotopic (exact) mass is 315 g/mol. The van der Waals surface area contributed by atoms with Crippen molar-refractivity contribution in [2.45, 2.75) is 18.9 Å². The first-order valence-electron chi connectivity index (χ1n) is 5.80. The van der Waals surface area contributed by atoms with Crippen molar-refractivity contribution in [2.75, 3.05) is 20.3 Å². The fourth-order valence-corrected chi connectivity index (χ4v) is 2.30. The second-order valence-electron chi connectivity index (χ2n) is 3.99. The molecule has 4 nitrogen and oxygen atoms in total. The Hall–Kier alpha value is -0.910. The topological polar surface area (TPSA) is 58.6 Å². The highest BCUT2D eigenvalue weighted by molar-refractivity contribution is 9.10. The molecule has 0 saturated heterocycles. The van der Waals surface area contributed by atoms with Crippen molar-refractivity contribution in [3.8, 4) is 0 Å². The SMILES string of the molecule is CCC(NCCOC)(C(=O)O)c1cccc(Br)c1. The molecule has 1 rings (SSSR count). The van der Waals surface area contributed by atoms with Gasteiger partial charge in [-0.25, -0.2) is 4.79 Å². The third-order valence-corrected chi connectivity index (χ3v) is 3.44. The van der Waals surface area contributed by atoms with Gasteiger partial charge in [0.25, 0.3) is 0 Å². The average Bonchev–Trinajstić information content (AvgIpc) is 2.34. The van der Waals surface area contributed by atoms with Crippen molar-refractivity contribution < 1.29 is 14.6 Å². The summed E-state index contributed by atoms with van der Waals surface area (Å²) < 4.78 is 5.82. The maximum Gasteiger partial charge on any atom is 0.328 e. The fourth-order valence-electron chi connectivity index (χ4n) is 1.90. The Morgan fingerprint density at radius 3 is 2.78 bits per heavy atom. The van der Waals surface area contributed by atoms with E-state index in [0.717, 1.165) is 10.0 Å². The minimum atomic E-state index is -1.07. The number of hydrogen-bond acceptors (Lipinski definition) is 3. The van der Waals surface area contributed by atoms with Gasteiger partial charge in [0.2, 0.25) is 0 Å². The molecular weight excluding hydrogens is 298 g/mol. The number of methoxy groups -OCH3 is 1. The van der Waals surface area contributed by atoms with Crippen LogP contribution in [-0.4, -0.2) is 31.3 Å². The van der Waals surface area contributed by atoms with Crippen LogP contribution in [0.3, 0.4) is 0 Å². The van der Waals surface area contributed by atoms with Crippen molar-refractivity contribution in [3.05, 3.63) is 34.3 Å². The van der Waals surface area contributed by atoms with E-state index in [1.807, 2.05) is 31.2 Å². The summed E-state index contributed by atoms with van der Waals surface area (Å²) >= 11 is 3.37. The molecule has 0 bridgehead atoms. The Morgan fingerprint density at radius 2 is 2.28 bits per heavy atom. The van der Waals surface area contributed by atoms with Gasteiger partial charge in [0.15, 0.2) is 0 Å². The molecule has 1 atom stereocenters. The van der Waals surface area contributed by atoms with Crippen LogP contribution < -0.4 is 5.32 Å². The lowest BCUT2D eigenvalue weighted by atomic mass is 9.87. The summed E-state index contributed by atoms with van der Waals surface area (Å²) in [6, 6.07) is 7.37. The summed E-state index contributed by atoms with van der Waals surface area (Å²) in [6.45, 7) is 2.82. The molecule has 0 radical (unpaired) electrons. The number of aliphatic carboxylic acids is 1. The number of hydrogen-bond donors (Lipinski definition) is 2. The van der Waals surface area contributed by atoms with Crippen LogP contribution in [0.25, 0.3) is 0 Å². The molecule has 2 N–H and O–H groups in total. The van der Waals surface area contributed by atoms with Gasteiger partial charge in [-0.15, -0.1) is 0 Å². The molecule has 0 aliphatic carbocycles. The van der Waals surface area contributed by atoms with Gasteiger partial charge in [-0.2, -0.15) is 0 Å².